The number of esters is 1. The molecular weight excluding hydrogens is 276 g/mol. The van der Waals surface area contributed by atoms with Gasteiger partial charge in [0.1, 0.15) is 12.2 Å². The Morgan fingerprint density at radius 2 is 1.90 bits per heavy atom. The van der Waals surface area contributed by atoms with Gasteiger partial charge in [-0.25, -0.2) is 4.79 Å². The van der Waals surface area contributed by atoms with E-state index in [2.05, 4.69) is 0 Å². The SMILES string of the molecule is CCOc1cccc(C(=O)O)c1OCC(C)(C)C(=O)OC. The van der Waals surface area contributed by atoms with Gasteiger partial charge in [-0.2, -0.15) is 0 Å². The third kappa shape index (κ3) is 4.11. The number of carboxylic acid groups (broad SMARTS) is 1. The van der Waals surface area contributed by atoms with Crippen molar-refractivity contribution in [2.75, 3.05) is 20.3 Å². The summed E-state index contributed by atoms with van der Waals surface area (Å²) in [5.74, 6) is -1.11. The van der Waals surface area contributed by atoms with Crippen molar-refractivity contribution in [2.45, 2.75) is 20.8 Å². The lowest BCUT2D eigenvalue weighted by molar-refractivity contribution is -0.152. The number of carbonyl (C=O) groups excluding carboxylic acids is 1. The highest BCUT2D eigenvalue weighted by Gasteiger charge is 2.31. The average molecular weight is 296 g/mol. The third-order valence-corrected chi connectivity index (χ3v) is 2.82. The molecule has 1 aromatic rings. The topological polar surface area (TPSA) is 82.1 Å². The Bertz CT molecular complexity index is 521. The van der Waals surface area contributed by atoms with Crippen molar-refractivity contribution < 1.29 is 28.9 Å². The highest BCUT2D eigenvalue weighted by atomic mass is 16.5. The fraction of sp³-hybridized carbons (Fsp3) is 0.467. The number of carbonyl (C=O) groups is 2. The van der Waals surface area contributed by atoms with Crippen LogP contribution in [0.15, 0.2) is 18.2 Å². The molecule has 0 fully saturated rings. The van der Waals surface area contributed by atoms with Crippen molar-refractivity contribution in [1.29, 1.82) is 0 Å². The minimum absolute atomic E-state index is 0.0124. The van der Waals surface area contributed by atoms with Gasteiger partial charge in [-0.15, -0.1) is 0 Å². The number of ether oxygens (including phenoxy) is 3. The lowest BCUT2D eigenvalue weighted by atomic mass is 9.95. The van der Waals surface area contributed by atoms with E-state index in [0.29, 0.717) is 12.4 Å². The lowest BCUT2D eigenvalue weighted by Crippen LogP contribution is -2.32. The maximum Gasteiger partial charge on any atom is 0.339 e. The molecule has 6 heteroatoms. The molecule has 0 saturated heterocycles. The molecule has 0 unspecified atom stereocenters. The first kappa shape index (κ1) is 16.8. The molecule has 0 radical (unpaired) electrons. The molecule has 21 heavy (non-hydrogen) atoms. The second-order valence-electron chi connectivity index (χ2n) is 5.04. The van der Waals surface area contributed by atoms with Gasteiger partial charge in [0, 0.05) is 0 Å². The number of hydrogen-bond acceptors (Lipinski definition) is 5. The van der Waals surface area contributed by atoms with Crippen molar-refractivity contribution in [1.82, 2.24) is 0 Å². The van der Waals surface area contributed by atoms with Gasteiger partial charge in [-0.05, 0) is 32.9 Å². The van der Waals surface area contributed by atoms with Crippen molar-refractivity contribution in [3.8, 4) is 11.5 Å². The van der Waals surface area contributed by atoms with E-state index in [0.717, 1.165) is 0 Å². The van der Waals surface area contributed by atoms with Crippen LogP contribution in [0.1, 0.15) is 31.1 Å². The molecule has 0 aliphatic heterocycles. The molecule has 0 atom stereocenters. The van der Waals surface area contributed by atoms with E-state index in [-0.39, 0.29) is 17.9 Å². The minimum atomic E-state index is -1.12. The molecule has 0 aliphatic rings. The van der Waals surface area contributed by atoms with Gasteiger partial charge in [-0.1, -0.05) is 6.07 Å². The average Bonchev–Trinajstić information content (AvgIpc) is 2.44. The summed E-state index contributed by atoms with van der Waals surface area (Å²) in [7, 11) is 1.29. The summed E-state index contributed by atoms with van der Waals surface area (Å²) >= 11 is 0. The third-order valence-electron chi connectivity index (χ3n) is 2.82. The van der Waals surface area contributed by atoms with Gasteiger partial charge in [0.2, 0.25) is 0 Å². The van der Waals surface area contributed by atoms with Crippen molar-refractivity contribution in [2.24, 2.45) is 5.41 Å². The Kier molecular flexibility index (Phi) is 5.58. The van der Waals surface area contributed by atoms with Crippen LogP contribution in [0.25, 0.3) is 0 Å². The van der Waals surface area contributed by atoms with E-state index >= 15 is 0 Å². The molecule has 0 aromatic heterocycles. The molecule has 1 N–H and O–H groups in total. The zero-order valence-corrected chi connectivity index (χ0v) is 12.6. The molecule has 0 aliphatic carbocycles. The molecule has 0 heterocycles. The van der Waals surface area contributed by atoms with E-state index in [1.165, 1.54) is 13.2 Å². The first-order valence-electron chi connectivity index (χ1n) is 6.53. The summed E-state index contributed by atoms with van der Waals surface area (Å²) in [6.45, 7) is 5.45. The van der Waals surface area contributed by atoms with E-state index in [4.69, 9.17) is 14.2 Å². The van der Waals surface area contributed by atoms with Crippen LogP contribution in [0, 0.1) is 5.41 Å². The Labute approximate surface area is 123 Å². The van der Waals surface area contributed by atoms with E-state index in [1.54, 1.807) is 32.9 Å². The van der Waals surface area contributed by atoms with Crippen LogP contribution in [0.3, 0.4) is 0 Å². The van der Waals surface area contributed by atoms with Crippen LogP contribution < -0.4 is 9.47 Å². The van der Waals surface area contributed by atoms with Gasteiger partial charge < -0.3 is 19.3 Å². The van der Waals surface area contributed by atoms with Crippen LogP contribution in [0.2, 0.25) is 0 Å². The number of rotatable bonds is 7. The maximum absolute atomic E-state index is 11.6. The number of methoxy groups -OCH3 is 1. The molecule has 0 bridgehead atoms. The van der Waals surface area contributed by atoms with Crippen LogP contribution in [-0.4, -0.2) is 37.4 Å². The zero-order chi connectivity index (χ0) is 16.0. The molecule has 116 valence electrons. The van der Waals surface area contributed by atoms with Crippen LogP contribution in [0.4, 0.5) is 0 Å². The molecule has 1 aromatic carbocycles. The van der Waals surface area contributed by atoms with E-state index < -0.39 is 17.4 Å². The molecule has 0 saturated carbocycles. The molecule has 0 spiro atoms. The highest BCUT2D eigenvalue weighted by molar-refractivity contribution is 5.92. The van der Waals surface area contributed by atoms with Crippen LogP contribution >= 0.6 is 0 Å². The zero-order valence-electron chi connectivity index (χ0n) is 12.6. The maximum atomic E-state index is 11.6. The summed E-state index contributed by atoms with van der Waals surface area (Å²) < 4.78 is 15.6. The number of aromatic carboxylic acids is 1. The Balaban J connectivity index is 3.05. The fourth-order valence-corrected chi connectivity index (χ4v) is 1.69. The standard InChI is InChI=1S/C15H20O6/c1-5-20-11-8-6-7-10(13(16)17)12(11)21-9-15(2,3)14(18)19-4/h6-8H,5,9H2,1-4H3,(H,16,17). The Morgan fingerprint density at radius 1 is 1.24 bits per heavy atom. The quantitative estimate of drug-likeness (QED) is 0.778. The molecule has 6 nitrogen and oxygen atoms in total. The smallest absolute Gasteiger partial charge is 0.339 e. The number of hydrogen-bond donors (Lipinski definition) is 1. The van der Waals surface area contributed by atoms with Gasteiger partial charge in [-0.3, -0.25) is 4.79 Å². The predicted molar refractivity (Wildman–Crippen MR) is 75.9 cm³/mol. The van der Waals surface area contributed by atoms with Crippen molar-refractivity contribution >= 4 is 11.9 Å². The normalized spacial score (nSPS) is 10.9. The van der Waals surface area contributed by atoms with E-state index in [9.17, 15) is 14.7 Å². The monoisotopic (exact) mass is 296 g/mol. The van der Waals surface area contributed by atoms with Crippen LogP contribution in [-0.2, 0) is 9.53 Å². The summed E-state index contributed by atoms with van der Waals surface area (Å²) in [6.07, 6.45) is 0. The first-order chi connectivity index (χ1) is 9.83. The lowest BCUT2D eigenvalue weighted by Gasteiger charge is -2.23. The number of benzene rings is 1. The molecule has 0 amide bonds. The fourth-order valence-electron chi connectivity index (χ4n) is 1.69. The largest absolute Gasteiger partial charge is 0.490 e. The number of carboxylic acids is 1. The minimum Gasteiger partial charge on any atom is -0.490 e. The second kappa shape index (κ2) is 6.97. The van der Waals surface area contributed by atoms with Gasteiger partial charge in [0.15, 0.2) is 11.5 Å². The van der Waals surface area contributed by atoms with E-state index in [1.807, 2.05) is 0 Å². The van der Waals surface area contributed by atoms with Gasteiger partial charge in [0.05, 0.1) is 19.1 Å². The summed E-state index contributed by atoms with van der Waals surface area (Å²) in [5.41, 5.74) is -0.911. The van der Waals surface area contributed by atoms with Crippen LogP contribution in [0.5, 0.6) is 11.5 Å². The molecular formula is C15H20O6. The Hall–Kier alpha value is -2.24. The van der Waals surface area contributed by atoms with Gasteiger partial charge in [0.25, 0.3) is 0 Å². The van der Waals surface area contributed by atoms with Crippen molar-refractivity contribution in [3.63, 3.8) is 0 Å². The second-order valence-corrected chi connectivity index (χ2v) is 5.04. The van der Waals surface area contributed by atoms with Gasteiger partial charge >= 0.3 is 11.9 Å². The Morgan fingerprint density at radius 3 is 2.43 bits per heavy atom. The predicted octanol–water partition coefficient (Wildman–Crippen LogP) is 2.36. The summed E-state index contributed by atoms with van der Waals surface area (Å²) in [6, 6.07) is 4.62. The summed E-state index contributed by atoms with van der Waals surface area (Å²) in [5, 5.41) is 9.22. The molecule has 1 rings (SSSR count). The summed E-state index contributed by atoms with van der Waals surface area (Å²) in [4.78, 5) is 22.9. The number of para-hydroxylation sites is 1. The first-order valence-corrected chi connectivity index (χ1v) is 6.53. The van der Waals surface area contributed by atoms with Crippen molar-refractivity contribution in [3.05, 3.63) is 23.8 Å². The highest BCUT2D eigenvalue weighted by Crippen LogP contribution is 2.33.